The number of carbonyl (C=O) groups excluding carboxylic acids is 2. The molecule has 0 atom stereocenters. The lowest BCUT2D eigenvalue weighted by Crippen LogP contribution is -2.45. The van der Waals surface area contributed by atoms with Gasteiger partial charge >= 0.3 is 12.0 Å². The predicted molar refractivity (Wildman–Crippen MR) is 60.1 cm³/mol. The van der Waals surface area contributed by atoms with Gasteiger partial charge < -0.3 is 15.0 Å². The standard InChI is InChI=1S/C11H20N2O3/c1-13(8-10(14)16-2)11(15)12-9-6-4-3-5-7-9/h9H,3-8H2,1-2H3,(H,12,15). The van der Waals surface area contributed by atoms with Gasteiger partial charge in [-0.1, -0.05) is 19.3 Å². The molecular weight excluding hydrogens is 208 g/mol. The van der Waals surface area contributed by atoms with E-state index in [1.807, 2.05) is 0 Å². The van der Waals surface area contributed by atoms with Crippen LogP contribution in [0.1, 0.15) is 32.1 Å². The van der Waals surface area contributed by atoms with Crippen LogP contribution in [-0.4, -0.2) is 43.6 Å². The number of nitrogens with one attached hydrogen (secondary N) is 1. The van der Waals surface area contributed by atoms with Gasteiger partial charge in [0.25, 0.3) is 0 Å². The Morgan fingerprint density at radius 3 is 2.50 bits per heavy atom. The van der Waals surface area contributed by atoms with Crippen LogP contribution < -0.4 is 5.32 Å². The SMILES string of the molecule is COC(=O)CN(C)C(=O)NC1CCCCC1. The second-order valence-electron chi connectivity index (χ2n) is 4.22. The second kappa shape index (κ2) is 6.35. The van der Waals surface area contributed by atoms with Crippen LogP contribution in [0.2, 0.25) is 0 Å². The third-order valence-electron chi connectivity index (χ3n) is 2.87. The van der Waals surface area contributed by atoms with Gasteiger partial charge in [0, 0.05) is 13.1 Å². The number of rotatable bonds is 3. The normalized spacial score (nSPS) is 16.6. The van der Waals surface area contributed by atoms with Crippen molar-refractivity contribution >= 4 is 12.0 Å². The summed E-state index contributed by atoms with van der Waals surface area (Å²) in [7, 11) is 2.91. The number of hydrogen-bond donors (Lipinski definition) is 1. The topological polar surface area (TPSA) is 58.6 Å². The van der Waals surface area contributed by atoms with Crippen molar-refractivity contribution in [2.45, 2.75) is 38.1 Å². The molecule has 0 heterocycles. The lowest BCUT2D eigenvalue weighted by atomic mass is 9.96. The maximum absolute atomic E-state index is 11.7. The summed E-state index contributed by atoms with van der Waals surface area (Å²) in [5, 5.41) is 2.93. The van der Waals surface area contributed by atoms with Crippen LogP contribution in [0, 0.1) is 0 Å². The fourth-order valence-corrected chi connectivity index (χ4v) is 1.86. The van der Waals surface area contributed by atoms with Crippen molar-refractivity contribution in [2.24, 2.45) is 0 Å². The van der Waals surface area contributed by atoms with E-state index in [9.17, 15) is 9.59 Å². The van der Waals surface area contributed by atoms with E-state index in [0.29, 0.717) is 0 Å². The van der Waals surface area contributed by atoms with Crippen LogP contribution in [0.3, 0.4) is 0 Å². The molecule has 5 nitrogen and oxygen atoms in total. The van der Waals surface area contributed by atoms with Crippen molar-refractivity contribution < 1.29 is 14.3 Å². The van der Waals surface area contributed by atoms with Crippen LogP contribution in [-0.2, 0) is 9.53 Å². The van der Waals surface area contributed by atoms with Crippen LogP contribution in [0.4, 0.5) is 4.79 Å². The molecule has 0 aliphatic heterocycles. The van der Waals surface area contributed by atoms with Crippen molar-refractivity contribution in [2.75, 3.05) is 20.7 Å². The summed E-state index contributed by atoms with van der Waals surface area (Å²) in [5.41, 5.74) is 0. The summed E-state index contributed by atoms with van der Waals surface area (Å²) >= 11 is 0. The van der Waals surface area contributed by atoms with Gasteiger partial charge in [0.05, 0.1) is 7.11 Å². The Morgan fingerprint density at radius 1 is 1.31 bits per heavy atom. The molecule has 1 saturated carbocycles. The number of urea groups is 1. The zero-order chi connectivity index (χ0) is 12.0. The second-order valence-corrected chi connectivity index (χ2v) is 4.22. The summed E-state index contributed by atoms with van der Waals surface area (Å²) in [4.78, 5) is 24.0. The highest BCUT2D eigenvalue weighted by Crippen LogP contribution is 2.17. The minimum Gasteiger partial charge on any atom is -0.468 e. The Labute approximate surface area is 96.1 Å². The van der Waals surface area contributed by atoms with Gasteiger partial charge in [0.2, 0.25) is 0 Å². The summed E-state index contributed by atoms with van der Waals surface area (Å²) < 4.78 is 4.50. The summed E-state index contributed by atoms with van der Waals surface area (Å²) in [6, 6.07) is 0.0682. The van der Waals surface area contributed by atoms with E-state index in [0.717, 1.165) is 12.8 Å². The first-order valence-electron chi connectivity index (χ1n) is 5.72. The highest BCUT2D eigenvalue weighted by atomic mass is 16.5. The van der Waals surface area contributed by atoms with Crippen molar-refractivity contribution in [3.63, 3.8) is 0 Å². The van der Waals surface area contributed by atoms with Gasteiger partial charge in [-0.2, -0.15) is 0 Å². The minimum absolute atomic E-state index is 0.00491. The first kappa shape index (κ1) is 12.8. The van der Waals surface area contributed by atoms with Crippen molar-refractivity contribution in [1.82, 2.24) is 10.2 Å². The van der Waals surface area contributed by atoms with E-state index in [2.05, 4.69) is 10.1 Å². The molecule has 0 aromatic heterocycles. The zero-order valence-corrected chi connectivity index (χ0v) is 9.99. The Balaban J connectivity index is 2.29. The predicted octanol–water partition coefficient (Wildman–Crippen LogP) is 1.13. The third-order valence-corrected chi connectivity index (χ3v) is 2.87. The Kier molecular flexibility index (Phi) is 5.08. The molecule has 0 aromatic rings. The fraction of sp³-hybridized carbons (Fsp3) is 0.818. The number of nitrogens with zero attached hydrogens (tertiary/aromatic N) is 1. The molecule has 1 fully saturated rings. The van der Waals surface area contributed by atoms with Crippen LogP contribution >= 0.6 is 0 Å². The van der Waals surface area contributed by atoms with Crippen LogP contribution in [0.15, 0.2) is 0 Å². The number of hydrogen-bond acceptors (Lipinski definition) is 3. The van der Waals surface area contributed by atoms with Gasteiger partial charge in [-0.15, -0.1) is 0 Å². The number of carbonyl (C=O) groups is 2. The molecule has 16 heavy (non-hydrogen) atoms. The van der Waals surface area contributed by atoms with Gasteiger partial charge in [-0.25, -0.2) is 4.79 Å². The van der Waals surface area contributed by atoms with Crippen molar-refractivity contribution in [1.29, 1.82) is 0 Å². The summed E-state index contributed by atoms with van der Waals surface area (Å²) in [6.07, 6.45) is 5.68. The van der Waals surface area contributed by atoms with Gasteiger partial charge in [-0.3, -0.25) is 4.79 Å². The molecule has 0 radical (unpaired) electrons. The molecule has 1 aliphatic carbocycles. The summed E-state index contributed by atoms with van der Waals surface area (Å²) in [6.45, 7) is -0.00491. The van der Waals surface area contributed by atoms with E-state index in [1.54, 1.807) is 7.05 Å². The largest absolute Gasteiger partial charge is 0.468 e. The van der Waals surface area contributed by atoms with Gasteiger partial charge in [0.15, 0.2) is 0 Å². The smallest absolute Gasteiger partial charge is 0.325 e. The van der Waals surface area contributed by atoms with E-state index in [1.165, 1.54) is 31.3 Å². The monoisotopic (exact) mass is 228 g/mol. The number of amides is 2. The zero-order valence-electron chi connectivity index (χ0n) is 9.99. The first-order valence-corrected chi connectivity index (χ1v) is 5.72. The maximum Gasteiger partial charge on any atom is 0.325 e. The van der Waals surface area contributed by atoms with E-state index < -0.39 is 5.97 Å². The molecule has 0 saturated heterocycles. The molecule has 92 valence electrons. The number of methoxy groups -OCH3 is 1. The number of ether oxygens (including phenoxy) is 1. The molecule has 0 spiro atoms. The Bertz CT molecular complexity index is 250. The quantitative estimate of drug-likeness (QED) is 0.737. The van der Waals surface area contributed by atoms with Gasteiger partial charge in [-0.05, 0) is 12.8 Å². The number of likely N-dealkylation sites (N-methyl/N-ethyl adjacent to an activating group) is 1. The molecule has 5 heteroatoms. The average Bonchev–Trinajstić information content (AvgIpc) is 2.30. The molecule has 1 N–H and O–H groups in total. The van der Waals surface area contributed by atoms with E-state index in [-0.39, 0.29) is 18.6 Å². The molecule has 2 amide bonds. The molecular formula is C11H20N2O3. The lowest BCUT2D eigenvalue weighted by molar-refractivity contribution is -0.141. The fourth-order valence-electron chi connectivity index (χ4n) is 1.86. The maximum atomic E-state index is 11.7. The average molecular weight is 228 g/mol. The van der Waals surface area contributed by atoms with Crippen molar-refractivity contribution in [3.8, 4) is 0 Å². The molecule has 0 unspecified atom stereocenters. The minimum atomic E-state index is -0.402. The molecule has 0 bridgehead atoms. The molecule has 1 aliphatic rings. The lowest BCUT2D eigenvalue weighted by Gasteiger charge is -2.25. The van der Waals surface area contributed by atoms with Crippen molar-refractivity contribution in [3.05, 3.63) is 0 Å². The highest BCUT2D eigenvalue weighted by Gasteiger charge is 2.19. The van der Waals surface area contributed by atoms with E-state index in [4.69, 9.17) is 0 Å². The Hall–Kier alpha value is -1.26. The van der Waals surface area contributed by atoms with Gasteiger partial charge in [0.1, 0.15) is 6.54 Å². The Morgan fingerprint density at radius 2 is 1.94 bits per heavy atom. The van der Waals surface area contributed by atoms with Crippen LogP contribution in [0.5, 0.6) is 0 Å². The first-order chi connectivity index (χ1) is 7.63. The molecule has 0 aromatic carbocycles. The summed E-state index contributed by atoms with van der Waals surface area (Å²) in [5.74, 6) is -0.402. The number of esters is 1. The highest BCUT2D eigenvalue weighted by molar-refractivity contribution is 5.80. The van der Waals surface area contributed by atoms with Crippen LogP contribution in [0.25, 0.3) is 0 Å². The van der Waals surface area contributed by atoms with E-state index >= 15 is 0 Å². The third kappa shape index (κ3) is 4.08. The molecule has 1 rings (SSSR count).